The minimum absolute atomic E-state index is 0.185. The molecular weight excluding hydrogens is 272 g/mol. The van der Waals surface area contributed by atoms with Crippen molar-refractivity contribution in [1.82, 2.24) is 19.8 Å². The van der Waals surface area contributed by atoms with Crippen LogP contribution in [0.2, 0.25) is 0 Å². The number of rotatable bonds is 8. The van der Waals surface area contributed by atoms with Gasteiger partial charge in [0.1, 0.15) is 0 Å². The zero-order chi connectivity index (χ0) is 14.9. The minimum Gasteiger partial charge on any atom is -0.383 e. The normalized spacial score (nSPS) is 15.4. The Kier molecular flexibility index (Phi) is 6.65. The summed E-state index contributed by atoms with van der Waals surface area (Å²) in [4.78, 5) is 18.1. The number of methoxy groups -OCH3 is 1. The number of aryl methyl sites for hydroxylation is 1. The van der Waals surface area contributed by atoms with Crippen molar-refractivity contribution < 1.29 is 14.3 Å². The molecule has 7 heteroatoms. The second-order valence-corrected chi connectivity index (χ2v) is 4.99. The monoisotopic (exact) mass is 296 g/mol. The molecule has 0 unspecified atom stereocenters. The fourth-order valence-electron chi connectivity index (χ4n) is 2.27. The van der Waals surface area contributed by atoms with Crippen LogP contribution in [0.1, 0.15) is 12.1 Å². The predicted octanol–water partition coefficient (Wildman–Crippen LogP) is -0.132. The van der Waals surface area contributed by atoms with Crippen LogP contribution in [0.25, 0.3) is 0 Å². The second-order valence-electron chi connectivity index (χ2n) is 4.99. The number of nitrogens with zero attached hydrogens (tertiary/aromatic N) is 3. The molecule has 1 aliphatic heterocycles. The molecule has 1 aliphatic rings. The van der Waals surface area contributed by atoms with Gasteiger partial charge in [0.2, 0.25) is 5.91 Å². The number of ether oxygens (including phenoxy) is 2. The Morgan fingerprint density at radius 3 is 3.05 bits per heavy atom. The van der Waals surface area contributed by atoms with E-state index in [1.165, 1.54) is 0 Å². The van der Waals surface area contributed by atoms with E-state index >= 15 is 0 Å². The van der Waals surface area contributed by atoms with Gasteiger partial charge in [0, 0.05) is 52.5 Å². The quantitative estimate of drug-likeness (QED) is 0.677. The van der Waals surface area contributed by atoms with Gasteiger partial charge in [-0.3, -0.25) is 4.79 Å². The van der Waals surface area contributed by atoms with Crippen LogP contribution in [0.5, 0.6) is 0 Å². The molecule has 0 saturated carbocycles. The van der Waals surface area contributed by atoms with Crippen molar-refractivity contribution in [2.45, 2.75) is 19.5 Å². The van der Waals surface area contributed by atoms with Crippen LogP contribution in [0.4, 0.5) is 0 Å². The summed E-state index contributed by atoms with van der Waals surface area (Å²) in [5.41, 5.74) is 1.08. The number of morpholine rings is 1. The molecule has 2 heterocycles. The third kappa shape index (κ3) is 5.11. The molecule has 0 aliphatic carbocycles. The fraction of sp³-hybridized carbons (Fsp3) is 0.714. The number of imidazole rings is 1. The van der Waals surface area contributed by atoms with Gasteiger partial charge in [-0.15, -0.1) is 0 Å². The highest BCUT2D eigenvalue weighted by Crippen LogP contribution is 2.05. The lowest BCUT2D eigenvalue weighted by atomic mass is 10.3. The third-order valence-electron chi connectivity index (χ3n) is 3.52. The molecule has 0 radical (unpaired) electrons. The van der Waals surface area contributed by atoms with Crippen molar-refractivity contribution in [1.29, 1.82) is 0 Å². The van der Waals surface area contributed by atoms with Crippen LogP contribution < -0.4 is 5.32 Å². The van der Waals surface area contributed by atoms with E-state index in [9.17, 15) is 4.79 Å². The van der Waals surface area contributed by atoms with Gasteiger partial charge in [0.05, 0.1) is 31.8 Å². The van der Waals surface area contributed by atoms with Crippen LogP contribution in [-0.2, 0) is 27.4 Å². The molecule has 0 bridgehead atoms. The topological polar surface area (TPSA) is 68.6 Å². The highest BCUT2D eigenvalue weighted by atomic mass is 16.5. The van der Waals surface area contributed by atoms with Crippen molar-refractivity contribution in [3.8, 4) is 0 Å². The fourth-order valence-corrected chi connectivity index (χ4v) is 2.27. The zero-order valence-electron chi connectivity index (χ0n) is 12.6. The molecular formula is C14H24N4O3. The number of nitrogens with one attached hydrogen (secondary N) is 1. The van der Waals surface area contributed by atoms with Gasteiger partial charge in [0.25, 0.3) is 0 Å². The molecule has 21 heavy (non-hydrogen) atoms. The summed E-state index contributed by atoms with van der Waals surface area (Å²) in [5.74, 6) is 0.185. The number of aromatic nitrogens is 2. The van der Waals surface area contributed by atoms with Crippen molar-refractivity contribution in [2.75, 3.05) is 46.6 Å². The summed E-state index contributed by atoms with van der Waals surface area (Å²) in [7, 11) is 1.68. The highest BCUT2D eigenvalue weighted by Gasteiger charge is 2.16. The summed E-state index contributed by atoms with van der Waals surface area (Å²) < 4.78 is 12.3. The van der Waals surface area contributed by atoms with Gasteiger partial charge < -0.3 is 24.3 Å². The molecule has 1 saturated heterocycles. The Hall–Kier alpha value is -1.44. The lowest BCUT2D eigenvalue weighted by Gasteiger charge is -2.27. The van der Waals surface area contributed by atoms with Gasteiger partial charge in [0.15, 0.2) is 0 Å². The van der Waals surface area contributed by atoms with Crippen molar-refractivity contribution in [3.63, 3.8) is 0 Å². The lowest BCUT2D eigenvalue weighted by Crippen LogP contribution is -2.41. The van der Waals surface area contributed by atoms with Gasteiger partial charge in [-0.05, 0) is 0 Å². The summed E-state index contributed by atoms with van der Waals surface area (Å²) in [6, 6.07) is 0. The maximum Gasteiger partial charge on any atom is 0.224 e. The number of amides is 1. The second kappa shape index (κ2) is 8.76. The standard InChI is InChI=1S/C14H24N4O3/c1-20-7-3-15-10-13-11-16-12-18(13)4-2-14(19)17-5-8-21-9-6-17/h11-12,15H,2-10H2,1H3. The number of hydrogen-bond acceptors (Lipinski definition) is 5. The SMILES string of the molecule is COCCNCc1cncn1CCC(=O)N1CCOCC1. The molecule has 0 atom stereocenters. The van der Waals surface area contributed by atoms with E-state index < -0.39 is 0 Å². The summed E-state index contributed by atoms with van der Waals surface area (Å²) in [6.07, 6.45) is 4.11. The van der Waals surface area contributed by atoms with Gasteiger partial charge in [-0.2, -0.15) is 0 Å². The third-order valence-corrected chi connectivity index (χ3v) is 3.52. The zero-order valence-corrected chi connectivity index (χ0v) is 12.6. The Balaban J connectivity index is 1.74. The maximum absolute atomic E-state index is 12.1. The van der Waals surface area contributed by atoms with Crippen molar-refractivity contribution in [3.05, 3.63) is 18.2 Å². The van der Waals surface area contributed by atoms with E-state index in [0.29, 0.717) is 45.9 Å². The van der Waals surface area contributed by atoms with E-state index in [1.807, 2.05) is 15.7 Å². The first-order valence-electron chi connectivity index (χ1n) is 7.35. The molecule has 1 aromatic heterocycles. The first-order chi connectivity index (χ1) is 10.3. The average molecular weight is 296 g/mol. The van der Waals surface area contributed by atoms with E-state index in [-0.39, 0.29) is 5.91 Å². The molecule has 1 aromatic rings. The van der Waals surface area contributed by atoms with Crippen LogP contribution in [0.15, 0.2) is 12.5 Å². The number of carbonyl (C=O) groups is 1. The summed E-state index contributed by atoms with van der Waals surface area (Å²) in [5, 5.41) is 3.28. The molecule has 1 amide bonds. The predicted molar refractivity (Wildman–Crippen MR) is 77.8 cm³/mol. The van der Waals surface area contributed by atoms with Gasteiger partial charge in [-0.25, -0.2) is 4.98 Å². The molecule has 118 valence electrons. The van der Waals surface area contributed by atoms with E-state index in [2.05, 4.69) is 10.3 Å². The summed E-state index contributed by atoms with van der Waals surface area (Å²) >= 11 is 0. The van der Waals surface area contributed by atoms with Gasteiger partial charge in [-0.1, -0.05) is 0 Å². The number of carbonyl (C=O) groups excluding carboxylic acids is 1. The molecule has 7 nitrogen and oxygen atoms in total. The molecule has 2 rings (SSSR count). The first kappa shape index (κ1) is 15.9. The van der Waals surface area contributed by atoms with E-state index in [4.69, 9.17) is 9.47 Å². The molecule has 0 spiro atoms. The van der Waals surface area contributed by atoms with Crippen LogP contribution >= 0.6 is 0 Å². The number of hydrogen-bond donors (Lipinski definition) is 1. The smallest absolute Gasteiger partial charge is 0.224 e. The van der Waals surface area contributed by atoms with Gasteiger partial charge >= 0.3 is 0 Å². The molecule has 0 aromatic carbocycles. The highest BCUT2D eigenvalue weighted by molar-refractivity contribution is 5.76. The van der Waals surface area contributed by atoms with E-state index in [0.717, 1.165) is 18.8 Å². The van der Waals surface area contributed by atoms with Crippen LogP contribution in [0, 0.1) is 0 Å². The van der Waals surface area contributed by atoms with Crippen LogP contribution in [-0.4, -0.2) is 66.9 Å². The molecule has 1 N–H and O–H groups in total. The van der Waals surface area contributed by atoms with Crippen molar-refractivity contribution >= 4 is 5.91 Å². The maximum atomic E-state index is 12.1. The Bertz CT molecular complexity index is 430. The van der Waals surface area contributed by atoms with Crippen molar-refractivity contribution in [2.24, 2.45) is 0 Å². The Morgan fingerprint density at radius 1 is 1.48 bits per heavy atom. The Morgan fingerprint density at radius 2 is 2.29 bits per heavy atom. The average Bonchev–Trinajstić information content (AvgIpc) is 2.97. The minimum atomic E-state index is 0.185. The lowest BCUT2D eigenvalue weighted by molar-refractivity contribution is -0.135. The Labute approximate surface area is 125 Å². The first-order valence-corrected chi connectivity index (χ1v) is 7.35. The summed E-state index contributed by atoms with van der Waals surface area (Å²) in [6.45, 7) is 5.57. The van der Waals surface area contributed by atoms with E-state index in [1.54, 1.807) is 13.4 Å². The largest absolute Gasteiger partial charge is 0.383 e. The van der Waals surface area contributed by atoms with Crippen LogP contribution in [0.3, 0.4) is 0 Å². The molecule has 1 fully saturated rings.